The fourth-order valence-corrected chi connectivity index (χ4v) is 2.59. The molecule has 2 rings (SSSR count). The molecule has 0 amide bonds. The lowest BCUT2D eigenvalue weighted by Gasteiger charge is -2.34. The summed E-state index contributed by atoms with van der Waals surface area (Å²) in [6.45, 7) is 7.81. The monoisotopic (exact) mass is 210 g/mol. The lowest BCUT2D eigenvalue weighted by molar-refractivity contribution is -0.130. The van der Waals surface area contributed by atoms with Crippen molar-refractivity contribution in [3.05, 3.63) is 24.2 Å². The van der Waals surface area contributed by atoms with Crippen LogP contribution in [0.1, 0.15) is 39.7 Å². The van der Waals surface area contributed by atoms with Crippen LogP contribution in [0, 0.1) is 0 Å². The normalized spacial score (nSPS) is 33.1. The van der Waals surface area contributed by atoms with E-state index in [9.17, 15) is 5.11 Å². The van der Waals surface area contributed by atoms with E-state index in [0.717, 1.165) is 5.56 Å². The minimum atomic E-state index is -0.969. The van der Waals surface area contributed by atoms with Gasteiger partial charge in [-0.25, -0.2) is 0 Å². The number of rotatable bonds is 1. The van der Waals surface area contributed by atoms with Crippen molar-refractivity contribution in [3.63, 3.8) is 0 Å². The molecule has 1 aromatic heterocycles. The average Bonchev–Trinajstić information content (AvgIpc) is 2.55. The predicted octanol–water partition coefficient (Wildman–Crippen LogP) is 2.44. The number of ether oxygens (including phenoxy) is 1. The maximum atomic E-state index is 10.7. The lowest BCUT2D eigenvalue weighted by Crippen LogP contribution is -2.43. The first-order valence-electron chi connectivity index (χ1n) is 5.22. The van der Waals surface area contributed by atoms with Gasteiger partial charge in [-0.3, -0.25) is 0 Å². The van der Waals surface area contributed by atoms with Gasteiger partial charge in [0.15, 0.2) is 0 Å². The smallest absolute Gasteiger partial charge is 0.124 e. The Morgan fingerprint density at radius 3 is 2.33 bits per heavy atom. The predicted molar refractivity (Wildman–Crippen MR) is 56.5 cm³/mol. The second-order valence-corrected chi connectivity index (χ2v) is 5.42. The average molecular weight is 210 g/mol. The Labute approximate surface area is 90.0 Å². The number of furan rings is 1. The van der Waals surface area contributed by atoms with E-state index in [1.54, 1.807) is 18.6 Å². The second-order valence-electron chi connectivity index (χ2n) is 5.42. The number of hydrogen-bond acceptors (Lipinski definition) is 3. The van der Waals surface area contributed by atoms with Crippen LogP contribution in [0.4, 0.5) is 0 Å². The molecule has 15 heavy (non-hydrogen) atoms. The van der Waals surface area contributed by atoms with Crippen molar-refractivity contribution in [2.45, 2.75) is 50.9 Å². The molecule has 1 aromatic rings. The summed E-state index contributed by atoms with van der Waals surface area (Å²) in [6, 6.07) is 1.80. The Kier molecular flexibility index (Phi) is 2.04. The lowest BCUT2D eigenvalue weighted by atomic mass is 9.78. The van der Waals surface area contributed by atoms with E-state index in [1.807, 2.05) is 27.7 Å². The zero-order chi connectivity index (χ0) is 11.3. The van der Waals surface area contributed by atoms with Crippen LogP contribution < -0.4 is 0 Å². The Bertz CT molecular complexity index is 351. The quantitative estimate of drug-likeness (QED) is 0.774. The molecular formula is C12H18O3. The van der Waals surface area contributed by atoms with Gasteiger partial charge in [0.2, 0.25) is 0 Å². The Morgan fingerprint density at radius 2 is 1.93 bits per heavy atom. The summed E-state index contributed by atoms with van der Waals surface area (Å²) in [5, 5.41) is 10.7. The van der Waals surface area contributed by atoms with Crippen molar-refractivity contribution >= 4 is 0 Å². The molecule has 1 aliphatic rings. The van der Waals surface area contributed by atoms with Gasteiger partial charge in [-0.2, -0.15) is 0 Å². The molecule has 3 nitrogen and oxygen atoms in total. The van der Waals surface area contributed by atoms with Crippen molar-refractivity contribution < 1.29 is 14.3 Å². The molecular weight excluding hydrogens is 192 g/mol. The van der Waals surface area contributed by atoms with Gasteiger partial charge in [-0.1, -0.05) is 0 Å². The van der Waals surface area contributed by atoms with Crippen molar-refractivity contribution in [3.8, 4) is 0 Å². The summed E-state index contributed by atoms with van der Waals surface area (Å²) in [6.07, 6.45) is 3.74. The highest BCUT2D eigenvalue weighted by molar-refractivity contribution is 5.24. The van der Waals surface area contributed by atoms with Gasteiger partial charge in [0, 0.05) is 12.0 Å². The Balaban J connectivity index is 2.44. The van der Waals surface area contributed by atoms with Gasteiger partial charge < -0.3 is 14.3 Å². The first kappa shape index (κ1) is 10.7. The molecule has 2 heterocycles. The van der Waals surface area contributed by atoms with Crippen molar-refractivity contribution in [2.75, 3.05) is 0 Å². The third-order valence-corrected chi connectivity index (χ3v) is 3.21. The summed E-state index contributed by atoms with van der Waals surface area (Å²) in [5.74, 6) is 0. The standard InChI is InChI=1S/C12H18O3/c1-10(2)8-12(13,11(3,4)15-10)9-5-6-14-7-9/h5-7,13H,8H2,1-4H3. The Hall–Kier alpha value is -0.800. The molecule has 1 aliphatic heterocycles. The molecule has 0 spiro atoms. The highest BCUT2D eigenvalue weighted by Gasteiger charge is 2.57. The van der Waals surface area contributed by atoms with Crippen LogP contribution in [0.25, 0.3) is 0 Å². The molecule has 84 valence electrons. The van der Waals surface area contributed by atoms with Crippen LogP contribution in [0.3, 0.4) is 0 Å². The van der Waals surface area contributed by atoms with Gasteiger partial charge in [-0.15, -0.1) is 0 Å². The summed E-state index contributed by atoms with van der Waals surface area (Å²) in [4.78, 5) is 0. The molecule has 1 unspecified atom stereocenters. The van der Waals surface area contributed by atoms with Crippen LogP contribution in [0.15, 0.2) is 23.0 Å². The van der Waals surface area contributed by atoms with Crippen LogP contribution in [0.2, 0.25) is 0 Å². The minimum Gasteiger partial charge on any atom is -0.472 e. The first-order chi connectivity index (χ1) is 6.77. The fraction of sp³-hybridized carbons (Fsp3) is 0.667. The van der Waals surface area contributed by atoms with E-state index in [2.05, 4.69) is 0 Å². The molecule has 1 N–H and O–H groups in total. The summed E-state index contributed by atoms with van der Waals surface area (Å²) >= 11 is 0. The Morgan fingerprint density at radius 1 is 1.27 bits per heavy atom. The van der Waals surface area contributed by atoms with Crippen LogP contribution >= 0.6 is 0 Å². The molecule has 0 bridgehead atoms. The van der Waals surface area contributed by atoms with Gasteiger partial charge in [0.1, 0.15) is 5.60 Å². The molecule has 0 radical (unpaired) electrons. The first-order valence-corrected chi connectivity index (χ1v) is 5.22. The summed E-state index contributed by atoms with van der Waals surface area (Å²) in [7, 11) is 0. The molecule has 1 saturated heterocycles. The largest absolute Gasteiger partial charge is 0.472 e. The van der Waals surface area contributed by atoms with E-state index in [-0.39, 0.29) is 5.60 Å². The summed E-state index contributed by atoms with van der Waals surface area (Å²) in [5.41, 5.74) is -1.09. The fourth-order valence-electron chi connectivity index (χ4n) is 2.59. The highest BCUT2D eigenvalue weighted by atomic mass is 16.5. The number of aliphatic hydroxyl groups is 1. The van der Waals surface area contributed by atoms with E-state index in [4.69, 9.17) is 9.15 Å². The zero-order valence-corrected chi connectivity index (χ0v) is 9.70. The molecule has 3 heteroatoms. The SMILES string of the molecule is CC1(C)CC(O)(c2ccoc2)C(C)(C)O1. The maximum absolute atomic E-state index is 10.7. The summed E-state index contributed by atoms with van der Waals surface area (Å²) < 4.78 is 10.9. The number of hydrogen-bond donors (Lipinski definition) is 1. The van der Waals surface area contributed by atoms with Crippen molar-refractivity contribution in [2.24, 2.45) is 0 Å². The van der Waals surface area contributed by atoms with Crippen LogP contribution in [-0.4, -0.2) is 16.3 Å². The van der Waals surface area contributed by atoms with Gasteiger partial charge in [0.05, 0.1) is 23.7 Å². The molecule has 1 fully saturated rings. The van der Waals surface area contributed by atoms with E-state index in [1.165, 1.54) is 0 Å². The van der Waals surface area contributed by atoms with E-state index >= 15 is 0 Å². The second kappa shape index (κ2) is 2.86. The van der Waals surface area contributed by atoms with Gasteiger partial charge in [-0.05, 0) is 33.8 Å². The molecule has 0 aliphatic carbocycles. The van der Waals surface area contributed by atoms with Crippen molar-refractivity contribution in [1.82, 2.24) is 0 Å². The van der Waals surface area contributed by atoms with Crippen molar-refractivity contribution in [1.29, 1.82) is 0 Å². The van der Waals surface area contributed by atoms with Crippen LogP contribution in [-0.2, 0) is 10.3 Å². The molecule has 1 atom stereocenters. The maximum Gasteiger partial charge on any atom is 0.124 e. The highest BCUT2D eigenvalue weighted by Crippen LogP contribution is 2.50. The molecule has 0 aromatic carbocycles. The van der Waals surface area contributed by atoms with Crippen LogP contribution in [0.5, 0.6) is 0 Å². The van der Waals surface area contributed by atoms with E-state index < -0.39 is 11.2 Å². The third kappa shape index (κ3) is 1.50. The van der Waals surface area contributed by atoms with Gasteiger partial charge in [0.25, 0.3) is 0 Å². The van der Waals surface area contributed by atoms with Gasteiger partial charge >= 0.3 is 0 Å². The third-order valence-electron chi connectivity index (χ3n) is 3.21. The minimum absolute atomic E-state index is 0.310. The topological polar surface area (TPSA) is 42.6 Å². The zero-order valence-electron chi connectivity index (χ0n) is 9.70. The van der Waals surface area contributed by atoms with E-state index in [0.29, 0.717) is 6.42 Å². The molecule has 0 saturated carbocycles.